The average Bonchev–Trinajstić information content (AvgIpc) is 2.97. The standard InChI is InChI=1S/C11H17N3/c1-8-13-7-6-11(14-8)10(12)5-4-9-2-3-9/h6-7,9-10H,2-5,12H2,1H3. The lowest BCUT2D eigenvalue weighted by atomic mass is 10.1. The van der Waals surface area contributed by atoms with Gasteiger partial charge in [0.15, 0.2) is 0 Å². The molecule has 1 fully saturated rings. The van der Waals surface area contributed by atoms with Gasteiger partial charge in [-0.3, -0.25) is 0 Å². The summed E-state index contributed by atoms with van der Waals surface area (Å²) in [4.78, 5) is 8.40. The van der Waals surface area contributed by atoms with E-state index in [0.717, 1.165) is 23.9 Å². The van der Waals surface area contributed by atoms with Crippen molar-refractivity contribution in [3.8, 4) is 0 Å². The summed E-state index contributed by atoms with van der Waals surface area (Å²) in [7, 11) is 0. The van der Waals surface area contributed by atoms with Crippen LogP contribution in [0.2, 0.25) is 0 Å². The van der Waals surface area contributed by atoms with Crippen molar-refractivity contribution in [1.29, 1.82) is 0 Å². The summed E-state index contributed by atoms with van der Waals surface area (Å²) in [5.74, 6) is 1.76. The van der Waals surface area contributed by atoms with Crippen LogP contribution in [0.4, 0.5) is 0 Å². The van der Waals surface area contributed by atoms with Crippen molar-refractivity contribution in [2.45, 2.75) is 38.6 Å². The van der Waals surface area contributed by atoms with Gasteiger partial charge in [0.25, 0.3) is 0 Å². The first-order chi connectivity index (χ1) is 6.75. The van der Waals surface area contributed by atoms with E-state index in [4.69, 9.17) is 5.73 Å². The van der Waals surface area contributed by atoms with Crippen molar-refractivity contribution >= 4 is 0 Å². The largest absolute Gasteiger partial charge is 0.323 e. The number of aromatic nitrogens is 2. The molecule has 2 rings (SSSR count). The van der Waals surface area contributed by atoms with Gasteiger partial charge in [-0.2, -0.15) is 0 Å². The Morgan fingerprint density at radius 2 is 2.36 bits per heavy atom. The Hall–Kier alpha value is -0.960. The molecule has 3 nitrogen and oxygen atoms in total. The van der Waals surface area contributed by atoms with Crippen molar-refractivity contribution in [3.05, 3.63) is 23.8 Å². The normalized spacial score (nSPS) is 18.1. The summed E-state index contributed by atoms with van der Waals surface area (Å²) in [6.07, 6.45) is 6.89. The lowest BCUT2D eigenvalue weighted by Crippen LogP contribution is -2.13. The van der Waals surface area contributed by atoms with Crippen LogP contribution in [0.1, 0.15) is 43.2 Å². The Morgan fingerprint density at radius 3 is 3.00 bits per heavy atom. The molecule has 0 saturated heterocycles. The number of aryl methyl sites for hydroxylation is 1. The fraction of sp³-hybridized carbons (Fsp3) is 0.636. The second-order valence-corrected chi connectivity index (χ2v) is 4.16. The minimum atomic E-state index is 0.0947. The van der Waals surface area contributed by atoms with Gasteiger partial charge in [0, 0.05) is 12.2 Å². The zero-order valence-electron chi connectivity index (χ0n) is 8.61. The molecule has 1 unspecified atom stereocenters. The average molecular weight is 191 g/mol. The molecule has 2 N–H and O–H groups in total. The van der Waals surface area contributed by atoms with Gasteiger partial charge < -0.3 is 5.73 Å². The summed E-state index contributed by atoms with van der Waals surface area (Å²) in [5, 5.41) is 0. The van der Waals surface area contributed by atoms with Crippen LogP contribution in [0.25, 0.3) is 0 Å². The van der Waals surface area contributed by atoms with Crippen molar-refractivity contribution in [2.75, 3.05) is 0 Å². The summed E-state index contributed by atoms with van der Waals surface area (Å²) in [6.45, 7) is 1.90. The third-order valence-electron chi connectivity index (χ3n) is 2.76. The van der Waals surface area contributed by atoms with Gasteiger partial charge in [-0.25, -0.2) is 9.97 Å². The van der Waals surface area contributed by atoms with E-state index in [1.54, 1.807) is 6.20 Å². The van der Waals surface area contributed by atoms with Crippen LogP contribution in [0.5, 0.6) is 0 Å². The SMILES string of the molecule is Cc1nccc(C(N)CCC2CC2)n1. The molecule has 1 aliphatic rings. The molecule has 1 heterocycles. The second-order valence-electron chi connectivity index (χ2n) is 4.16. The molecule has 0 spiro atoms. The highest BCUT2D eigenvalue weighted by molar-refractivity contribution is 5.06. The van der Waals surface area contributed by atoms with E-state index in [0.29, 0.717) is 0 Å². The first-order valence-corrected chi connectivity index (χ1v) is 5.31. The van der Waals surface area contributed by atoms with Crippen LogP contribution in [0, 0.1) is 12.8 Å². The van der Waals surface area contributed by atoms with Crippen LogP contribution in [-0.2, 0) is 0 Å². The number of hydrogen-bond donors (Lipinski definition) is 1. The van der Waals surface area contributed by atoms with Gasteiger partial charge >= 0.3 is 0 Å². The molecule has 1 aromatic heterocycles. The second kappa shape index (κ2) is 4.05. The molecule has 0 aromatic carbocycles. The molecule has 1 aromatic rings. The van der Waals surface area contributed by atoms with Gasteiger partial charge in [-0.15, -0.1) is 0 Å². The van der Waals surface area contributed by atoms with Crippen molar-refractivity contribution in [2.24, 2.45) is 11.7 Å². The van der Waals surface area contributed by atoms with Gasteiger partial charge in [0.2, 0.25) is 0 Å². The minimum Gasteiger partial charge on any atom is -0.323 e. The molecule has 0 amide bonds. The Bertz CT molecular complexity index is 307. The van der Waals surface area contributed by atoms with Gasteiger partial charge in [-0.05, 0) is 31.7 Å². The van der Waals surface area contributed by atoms with E-state index >= 15 is 0 Å². The lowest BCUT2D eigenvalue weighted by Gasteiger charge is -2.10. The van der Waals surface area contributed by atoms with Gasteiger partial charge in [0.1, 0.15) is 5.82 Å². The summed E-state index contributed by atoms with van der Waals surface area (Å²) >= 11 is 0. The molecule has 1 aliphatic carbocycles. The summed E-state index contributed by atoms with van der Waals surface area (Å²) in [6, 6.07) is 2.02. The molecule has 0 bridgehead atoms. The Balaban J connectivity index is 1.91. The van der Waals surface area contributed by atoms with Crippen LogP contribution in [-0.4, -0.2) is 9.97 Å². The van der Waals surface area contributed by atoms with Crippen molar-refractivity contribution in [3.63, 3.8) is 0 Å². The van der Waals surface area contributed by atoms with Gasteiger partial charge in [-0.1, -0.05) is 12.8 Å². The smallest absolute Gasteiger partial charge is 0.125 e. The van der Waals surface area contributed by atoms with Gasteiger partial charge in [0.05, 0.1) is 5.69 Å². The fourth-order valence-electron chi connectivity index (χ4n) is 1.65. The first kappa shape index (κ1) is 9.59. The van der Waals surface area contributed by atoms with E-state index in [1.807, 2.05) is 13.0 Å². The van der Waals surface area contributed by atoms with E-state index in [-0.39, 0.29) is 6.04 Å². The molecule has 76 valence electrons. The number of nitrogens with two attached hydrogens (primary N) is 1. The number of nitrogens with zero attached hydrogens (tertiary/aromatic N) is 2. The molecular formula is C11H17N3. The predicted octanol–water partition coefficient (Wildman–Crippen LogP) is 1.98. The Labute approximate surface area is 84.8 Å². The molecule has 0 aliphatic heterocycles. The van der Waals surface area contributed by atoms with Crippen molar-refractivity contribution in [1.82, 2.24) is 9.97 Å². The van der Waals surface area contributed by atoms with E-state index in [1.165, 1.54) is 19.3 Å². The van der Waals surface area contributed by atoms with E-state index in [2.05, 4.69) is 9.97 Å². The third-order valence-corrected chi connectivity index (χ3v) is 2.76. The minimum absolute atomic E-state index is 0.0947. The monoisotopic (exact) mass is 191 g/mol. The highest BCUT2D eigenvalue weighted by Crippen LogP contribution is 2.35. The number of hydrogen-bond acceptors (Lipinski definition) is 3. The zero-order chi connectivity index (χ0) is 9.97. The van der Waals surface area contributed by atoms with E-state index in [9.17, 15) is 0 Å². The molecule has 1 atom stereocenters. The summed E-state index contributed by atoms with van der Waals surface area (Å²) < 4.78 is 0. The quantitative estimate of drug-likeness (QED) is 0.791. The maximum Gasteiger partial charge on any atom is 0.125 e. The van der Waals surface area contributed by atoms with Crippen LogP contribution in [0.3, 0.4) is 0 Å². The predicted molar refractivity (Wildman–Crippen MR) is 55.7 cm³/mol. The summed E-state index contributed by atoms with van der Waals surface area (Å²) in [5.41, 5.74) is 7.03. The van der Waals surface area contributed by atoms with Crippen LogP contribution in [0.15, 0.2) is 12.3 Å². The maximum atomic E-state index is 6.05. The molecule has 1 saturated carbocycles. The zero-order valence-corrected chi connectivity index (χ0v) is 8.61. The van der Waals surface area contributed by atoms with E-state index < -0.39 is 0 Å². The van der Waals surface area contributed by atoms with Crippen molar-refractivity contribution < 1.29 is 0 Å². The molecule has 3 heteroatoms. The lowest BCUT2D eigenvalue weighted by molar-refractivity contribution is 0.562. The molecular weight excluding hydrogens is 174 g/mol. The highest BCUT2D eigenvalue weighted by atomic mass is 14.9. The fourth-order valence-corrected chi connectivity index (χ4v) is 1.65. The number of rotatable bonds is 4. The maximum absolute atomic E-state index is 6.05. The van der Waals surface area contributed by atoms with Crippen LogP contribution >= 0.6 is 0 Å². The first-order valence-electron chi connectivity index (χ1n) is 5.31. The Morgan fingerprint density at radius 1 is 1.57 bits per heavy atom. The van der Waals surface area contributed by atoms with Crippen LogP contribution < -0.4 is 5.73 Å². The molecule has 14 heavy (non-hydrogen) atoms. The third kappa shape index (κ3) is 2.51. The highest BCUT2D eigenvalue weighted by Gasteiger charge is 2.22. The Kier molecular flexibility index (Phi) is 2.77. The molecule has 0 radical (unpaired) electrons. The topological polar surface area (TPSA) is 51.8 Å².